The average Bonchev–Trinajstić information content (AvgIpc) is 2.43. The van der Waals surface area contributed by atoms with Crippen molar-refractivity contribution in [1.82, 2.24) is 0 Å². The topological polar surface area (TPSA) is 63.3 Å². The molecule has 1 amide bonds. The molecule has 0 aliphatic carbocycles. The maximum absolute atomic E-state index is 10.6. The molecule has 0 aliphatic rings. The first-order valence-electron chi connectivity index (χ1n) is 8.66. The summed E-state index contributed by atoms with van der Waals surface area (Å²) in [6.07, 6.45) is 16.5. The fraction of sp³-hybridized carbons (Fsp3) is 0.941. The van der Waals surface area contributed by atoms with Crippen molar-refractivity contribution < 1.29 is 9.90 Å². The van der Waals surface area contributed by atoms with Gasteiger partial charge in [0.05, 0.1) is 0 Å². The minimum atomic E-state index is -0.942. The van der Waals surface area contributed by atoms with Crippen molar-refractivity contribution in [3.05, 3.63) is 0 Å². The third-order valence-corrected chi connectivity index (χ3v) is 3.91. The molecule has 1 atom stereocenters. The van der Waals surface area contributed by atoms with Crippen LogP contribution in [0.1, 0.15) is 96.8 Å². The average molecular weight is 285 g/mol. The second-order valence-corrected chi connectivity index (χ2v) is 5.95. The molecule has 0 bridgehead atoms. The van der Waals surface area contributed by atoms with Gasteiger partial charge in [0.1, 0.15) is 6.10 Å². The molecule has 0 aromatic carbocycles. The number of hydrogen-bond acceptors (Lipinski definition) is 2. The zero-order valence-electron chi connectivity index (χ0n) is 13.4. The molecule has 0 aromatic heterocycles. The van der Waals surface area contributed by atoms with E-state index in [1.165, 1.54) is 70.6 Å². The second-order valence-electron chi connectivity index (χ2n) is 5.95. The fourth-order valence-electron chi connectivity index (χ4n) is 2.50. The van der Waals surface area contributed by atoms with Gasteiger partial charge in [0.2, 0.25) is 5.91 Å². The summed E-state index contributed by atoms with van der Waals surface area (Å²) in [5.41, 5.74) is 4.99. The van der Waals surface area contributed by atoms with Crippen LogP contribution < -0.4 is 5.73 Å². The van der Waals surface area contributed by atoms with E-state index in [9.17, 15) is 9.90 Å². The molecule has 0 saturated carbocycles. The van der Waals surface area contributed by atoms with Gasteiger partial charge in [0, 0.05) is 0 Å². The fourth-order valence-corrected chi connectivity index (χ4v) is 2.50. The Morgan fingerprint density at radius 1 is 0.800 bits per heavy atom. The predicted molar refractivity (Wildman–Crippen MR) is 85.5 cm³/mol. The molecule has 0 radical (unpaired) electrons. The molecular formula is C17H35NO2. The number of aliphatic hydroxyl groups is 1. The molecule has 0 fully saturated rings. The summed E-state index contributed by atoms with van der Waals surface area (Å²) in [5.74, 6) is -0.594. The smallest absolute Gasteiger partial charge is 0.246 e. The highest BCUT2D eigenvalue weighted by atomic mass is 16.3. The van der Waals surface area contributed by atoms with Gasteiger partial charge < -0.3 is 10.8 Å². The van der Waals surface area contributed by atoms with Crippen LogP contribution in [0, 0.1) is 0 Å². The molecule has 3 nitrogen and oxygen atoms in total. The van der Waals surface area contributed by atoms with E-state index < -0.39 is 12.0 Å². The van der Waals surface area contributed by atoms with Gasteiger partial charge in [-0.25, -0.2) is 0 Å². The molecule has 3 heteroatoms. The van der Waals surface area contributed by atoms with Crippen LogP contribution in [0.4, 0.5) is 0 Å². The van der Waals surface area contributed by atoms with Gasteiger partial charge in [-0.05, 0) is 6.42 Å². The first kappa shape index (κ1) is 19.4. The summed E-state index contributed by atoms with van der Waals surface area (Å²) in [4.78, 5) is 10.6. The Bertz CT molecular complexity index is 219. The largest absolute Gasteiger partial charge is 0.383 e. The van der Waals surface area contributed by atoms with Crippen molar-refractivity contribution in [3.63, 3.8) is 0 Å². The van der Waals surface area contributed by atoms with Gasteiger partial charge >= 0.3 is 0 Å². The lowest BCUT2D eigenvalue weighted by atomic mass is 10.0. The second kappa shape index (κ2) is 14.8. The van der Waals surface area contributed by atoms with Crippen molar-refractivity contribution in [3.8, 4) is 0 Å². The zero-order valence-corrected chi connectivity index (χ0v) is 13.4. The van der Waals surface area contributed by atoms with Crippen molar-refractivity contribution in [2.75, 3.05) is 0 Å². The first-order chi connectivity index (χ1) is 9.68. The van der Waals surface area contributed by atoms with Crippen LogP contribution in [-0.4, -0.2) is 17.1 Å². The van der Waals surface area contributed by atoms with Crippen LogP contribution in [0.2, 0.25) is 0 Å². The van der Waals surface area contributed by atoms with Gasteiger partial charge in [-0.3, -0.25) is 4.79 Å². The predicted octanol–water partition coefficient (Wildman–Crippen LogP) is 4.31. The summed E-state index contributed by atoms with van der Waals surface area (Å²) >= 11 is 0. The SMILES string of the molecule is CCCCCCCCCCCCCCCC(O)C(N)=O. The van der Waals surface area contributed by atoms with Gasteiger partial charge in [-0.2, -0.15) is 0 Å². The molecule has 0 rings (SSSR count). The number of primary amides is 1. The van der Waals surface area contributed by atoms with E-state index in [1.807, 2.05) is 0 Å². The number of hydrogen-bond donors (Lipinski definition) is 2. The molecular weight excluding hydrogens is 250 g/mol. The van der Waals surface area contributed by atoms with E-state index in [0.29, 0.717) is 6.42 Å². The molecule has 0 heterocycles. The maximum atomic E-state index is 10.6. The third-order valence-electron chi connectivity index (χ3n) is 3.91. The quantitative estimate of drug-likeness (QED) is 0.440. The lowest BCUT2D eigenvalue weighted by Gasteiger charge is -2.06. The highest BCUT2D eigenvalue weighted by Crippen LogP contribution is 2.13. The van der Waals surface area contributed by atoms with Crippen molar-refractivity contribution in [1.29, 1.82) is 0 Å². The number of unbranched alkanes of at least 4 members (excludes halogenated alkanes) is 12. The van der Waals surface area contributed by atoms with E-state index >= 15 is 0 Å². The summed E-state index contributed by atoms with van der Waals surface area (Å²) in [5, 5.41) is 9.23. The van der Waals surface area contributed by atoms with E-state index in [-0.39, 0.29) is 0 Å². The third kappa shape index (κ3) is 13.9. The Morgan fingerprint density at radius 3 is 1.50 bits per heavy atom. The number of nitrogens with two attached hydrogens (primary N) is 1. The van der Waals surface area contributed by atoms with E-state index in [4.69, 9.17) is 5.73 Å². The molecule has 0 spiro atoms. The Morgan fingerprint density at radius 2 is 1.15 bits per heavy atom. The molecule has 1 unspecified atom stereocenters. The lowest BCUT2D eigenvalue weighted by molar-refractivity contribution is -0.126. The standard InChI is InChI=1S/C17H35NO2/c1-2-3-4-5-6-7-8-9-10-11-12-13-14-15-16(19)17(18)20/h16,19H,2-15H2,1H3,(H2,18,20). The van der Waals surface area contributed by atoms with Gasteiger partial charge in [0.25, 0.3) is 0 Å². The summed E-state index contributed by atoms with van der Waals surface area (Å²) < 4.78 is 0. The Balaban J connectivity index is 3.04. The van der Waals surface area contributed by atoms with Gasteiger partial charge in [-0.15, -0.1) is 0 Å². The molecule has 3 N–H and O–H groups in total. The van der Waals surface area contributed by atoms with Crippen LogP contribution in [0.5, 0.6) is 0 Å². The number of rotatable bonds is 15. The van der Waals surface area contributed by atoms with E-state index in [1.54, 1.807) is 0 Å². The van der Waals surface area contributed by atoms with Crippen LogP contribution in [0.15, 0.2) is 0 Å². The minimum absolute atomic E-state index is 0.521. The molecule has 0 aromatic rings. The minimum Gasteiger partial charge on any atom is -0.383 e. The number of carbonyl (C=O) groups excluding carboxylic acids is 1. The molecule has 0 aliphatic heterocycles. The number of carbonyl (C=O) groups is 1. The summed E-state index contributed by atoms with van der Waals surface area (Å²) in [7, 11) is 0. The lowest BCUT2D eigenvalue weighted by Crippen LogP contribution is -2.27. The van der Waals surface area contributed by atoms with Gasteiger partial charge in [0.15, 0.2) is 0 Å². The van der Waals surface area contributed by atoms with Crippen molar-refractivity contribution in [2.24, 2.45) is 5.73 Å². The monoisotopic (exact) mass is 285 g/mol. The highest BCUT2D eigenvalue weighted by molar-refractivity contribution is 5.78. The zero-order chi connectivity index (χ0) is 15.1. The van der Waals surface area contributed by atoms with Crippen LogP contribution in [-0.2, 0) is 4.79 Å². The first-order valence-corrected chi connectivity index (χ1v) is 8.66. The molecule has 120 valence electrons. The number of aliphatic hydroxyl groups excluding tert-OH is 1. The van der Waals surface area contributed by atoms with Crippen LogP contribution in [0.25, 0.3) is 0 Å². The van der Waals surface area contributed by atoms with Crippen molar-refractivity contribution in [2.45, 2.75) is 103 Å². The maximum Gasteiger partial charge on any atom is 0.246 e. The Kier molecular flexibility index (Phi) is 14.4. The Hall–Kier alpha value is -0.570. The molecule has 0 saturated heterocycles. The van der Waals surface area contributed by atoms with E-state index in [2.05, 4.69) is 6.92 Å². The number of amides is 1. The Labute approximate surface area is 125 Å². The summed E-state index contributed by atoms with van der Waals surface area (Å²) in [6, 6.07) is 0. The van der Waals surface area contributed by atoms with Crippen LogP contribution in [0.3, 0.4) is 0 Å². The highest BCUT2D eigenvalue weighted by Gasteiger charge is 2.08. The van der Waals surface area contributed by atoms with Gasteiger partial charge in [-0.1, -0.05) is 90.4 Å². The van der Waals surface area contributed by atoms with Crippen LogP contribution >= 0.6 is 0 Å². The van der Waals surface area contributed by atoms with Crippen molar-refractivity contribution >= 4 is 5.91 Å². The van der Waals surface area contributed by atoms with E-state index in [0.717, 1.165) is 12.8 Å². The molecule has 20 heavy (non-hydrogen) atoms. The summed E-state index contributed by atoms with van der Waals surface area (Å²) in [6.45, 7) is 2.26. The normalized spacial score (nSPS) is 12.5.